The maximum Gasteiger partial charge on any atom is 0.225 e. The highest BCUT2D eigenvalue weighted by Gasteiger charge is 2.30. The van der Waals surface area contributed by atoms with Crippen molar-refractivity contribution >= 4 is 29.4 Å². The van der Waals surface area contributed by atoms with Crippen LogP contribution >= 0.6 is 0 Å². The third kappa shape index (κ3) is 3.97. The number of fused-ring (bicyclic) bond motifs is 1. The second-order valence-electron chi connectivity index (χ2n) is 8.86. The van der Waals surface area contributed by atoms with E-state index in [2.05, 4.69) is 22.5 Å². The second kappa shape index (κ2) is 8.35. The van der Waals surface area contributed by atoms with Gasteiger partial charge in [-0.1, -0.05) is 19.1 Å². The van der Waals surface area contributed by atoms with Gasteiger partial charge >= 0.3 is 0 Å². The van der Waals surface area contributed by atoms with Crippen molar-refractivity contribution in [2.24, 2.45) is 7.05 Å². The molecule has 8 nitrogen and oxygen atoms in total. The number of nitrogens with two attached hydrogens (primary N) is 1. The van der Waals surface area contributed by atoms with Crippen molar-refractivity contribution in [3.63, 3.8) is 0 Å². The molecule has 4 N–H and O–H groups in total. The van der Waals surface area contributed by atoms with Crippen LogP contribution < -0.4 is 11.1 Å². The molecule has 0 unspecified atom stereocenters. The molecule has 2 aromatic carbocycles. The van der Waals surface area contributed by atoms with Gasteiger partial charge in [0.15, 0.2) is 5.82 Å². The maximum absolute atomic E-state index is 12.1. The van der Waals surface area contributed by atoms with E-state index in [1.807, 2.05) is 37.1 Å². The molecule has 170 valence electrons. The fraction of sp³-hybridized carbons (Fsp3) is 0.360. The zero-order valence-electron chi connectivity index (χ0n) is 19.1. The fourth-order valence-electron chi connectivity index (χ4n) is 4.60. The number of nitrogens with one attached hydrogen (secondary N) is 2. The number of aromatic nitrogens is 3. The van der Waals surface area contributed by atoms with Crippen LogP contribution in [0.4, 0.5) is 17.3 Å². The third-order valence-corrected chi connectivity index (χ3v) is 6.59. The first-order valence-electron chi connectivity index (χ1n) is 11.5. The van der Waals surface area contributed by atoms with Gasteiger partial charge in [-0.05, 0) is 60.1 Å². The first-order chi connectivity index (χ1) is 16.0. The summed E-state index contributed by atoms with van der Waals surface area (Å²) in [6, 6.07) is 10.1. The molecular formula is C25H29N7O. The van der Waals surface area contributed by atoms with Gasteiger partial charge in [0.2, 0.25) is 11.9 Å². The van der Waals surface area contributed by atoms with Crippen LogP contribution in [0.5, 0.6) is 0 Å². The van der Waals surface area contributed by atoms with Gasteiger partial charge in [0, 0.05) is 55.3 Å². The van der Waals surface area contributed by atoms with E-state index < -0.39 is 0 Å². The monoisotopic (exact) mass is 443 g/mol. The summed E-state index contributed by atoms with van der Waals surface area (Å²) in [5.41, 5.74) is 13.0. The van der Waals surface area contributed by atoms with E-state index in [-0.39, 0.29) is 5.91 Å². The van der Waals surface area contributed by atoms with Crippen molar-refractivity contribution in [3.8, 4) is 11.4 Å². The van der Waals surface area contributed by atoms with Gasteiger partial charge in [0.25, 0.3) is 0 Å². The smallest absolute Gasteiger partial charge is 0.225 e. The lowest BCUT2D eigenvalue weighted by molar-refractivity contribution is -0.131. The summed E-state index contributed by atoms with van der Waals surface area (Å²) in [5, 5.41) is 15.9. The van der Waals surface area contributed by atoms with Crippen molar-refractivity contribution in [1.82, 2.24) is 19.7 Å². The van der Waals surface area contributed by atoms with Gasteiger partial charge in [-0.2, -0.15) is 4.98 Å². The summed E-state index contributed by atoms with van der Waals surface area (Å²) in [5.74, 6) is 1.93. The molecule has 0 radical (unpaired) electrons. The SMILES string of the molecule is CCC(=O)N1CCc2cc(-c3nc(Nc4ccc(N)c(C=N)c4C4CC4)n(C)n3)ccc2C1. The van der Waals surface area contributed by atoms with Gasteiger partial charge < -0.3 is 21.4 Å². The van der Waals surface area contributed by atoms with E-state index in [1.165, 1.54) is 17.3 Å². The molecular weight excluding hydrogens is 414 g/mol. The summed E-state index contributed by atoms with van der Waals surface area (Å²) >= 11 is 0. The number of rotatable bonds is 6. The average Bonchev–Trinajstić information content (AvgIpc) is 3.61. The molecule has 2 heterocycles. The van der Waals surface area contributed by atoms with Crippen molar-refractivity contribution in [2.45, 2.75) is 45.1 Å². The predicted octanol–water partition coefficient (Wildman–Crippen LogP) is 3.98. The lowest BCUT2D eigenvalue weighted by Crippen LogP contribution is -2.35. The molecule has 33 heavy (non-hydrogen) atoms. The topological polar surface area (TPSA) is 113 Å². The Hall–Kier alpha value is -3.68. The molecule has 1 fully saturated rings. The van der Waals surface area contributed by atoms with Gasteiger partial charge in [-0.3, -0.25) is 4.79 Å². The number of nitrogen functional groups attached to an aromatic ring is 1. The quantitative estimate of drug-likeness (QED) is 0.394. The van der Waals surface area contributed by atoms with Crippen LogP contribution in [0, 0.1) is 5.41 Å². The molecule has 1 aliphatic heterocycles. The van der Waals surface area contributed by atoms with Gasteiger partial charge in [0.1, 0.15) is 0 Å². The van der Waals surface area contributed by atoms with E-state index >= 15 is 0 Å². The number of anilines is 3. The Balaban J connectivity index is 1.42. The van der Waals surface area contributed by atoms with Crippen molar-refractivity contribution in [2.75, 3.05) is 17.6 Å². The summed E-state index contributed by atoms with van der Waals surface area (Å²) in [4.78, 5) is 18.8. The molecule has 1 saturated carbocycles. The molecule has 1 aliphatic carbocycles. The summed E-state index contributed by atoms with van der Waals surface area (Å²) in [6.45, 7) is 3.33. The van der Waals surface area contributed by atoms with Crippen LogP contribution in [-0.2, 0) is 24.8 Å². The van der Waals surface area contributed by atoms with E-state index in [0.29, 0.717) is 36.3 Å². The van der Waals surface area contributed by atoms with Gasteiger partial charge in [0.05, 0.1) is 0 Å². The van der Waals surface area contributed by atoms with Crippen molar-refractivity contribution in [3.05, 3.63) is 52.6 Å². The van der Waals surface area contributed by atoms with Gasteiger partial charge in [-0.25, -0.2) is 4.68 Å². The first-order valence-corrected chi connectivity index (χ1v) is 11.5. The van der Waals surface area contributed by atoms with Crippen molar-refractivity contribution in [1.29, 1.82) is 5.41 Å². The number of carbonyl (C=O) groups excluding carboxylic acids is 1. The maximum atomic E-state index is 12.1. The molecule has 2 aliphatic rings. The van der Waals surface area contributed by atoms with Crippen molar-refractivity contribution < 1.29 is 4.79 Å². The van der Waals surface area contributed by atoms with Crippen LogP contribution in [0.3, 0.4) is 0 Å². The Morgan fingerprint density at radius 2 is 2.09 bits per heavy atom. The number of carbonyl (C=O) groups is 1. The molecule has 5 rings (SSSR count). The lowest BCUT2D eigenvalue weighted by atomic mass is 9.97. The Labute approximate surface area is 193 Å². The Morgan fingerprint density at radius 3 is 2.82 bits per heavy atom. The van der Waals surface area contributed by atoms with Crippen LogP contribution in [0.2, 0.25) is 0 Å². The average molecular weight is 444 g/mol. The fourth-order valence-corrected chi connectivity index (χ4v) is 4.60. The zero-order valence-corrected chi connectivity index (χ0v) is 19.1. The normalized spacial score (nSPS) is 15.3. The van der Waals surface area contributed by atoms with Gasteiger partial charge in [-0.15, -0.1) is 5.10 Å². The molecule has 1 amide bonds. The number of benzene rings is 2. The van der Waals surface area contributed by atoms with E-state index in [1.54, 1.807) is 4.68 Å². The number of hydrogen-bond acceptors (Lipinski definition) is 6. The van der Waals surface area contributed by atoms with E-state index in [4.69, 9.17) is 16.1 Å². The molecule has 0 saturated heterocycles. The minimum Gasteiger partial charge on any atom is -0.398 e. The summed E-state index contributed by atoms with van der Waals surface area (Å²) in [6.07, 6.45) is 4.95. The molecule has 0 atom stereocenters. The Morgan fingerprint density at radius 1 is 1.27 bits per heavy atom. The summed E-state index contributed by atoms with van der Waals surface area (Å²) in [7, 11) is 1.87. The number of amides is 1. The number of aryl methyl sites for hydroxylation is 1. The molecule has 0 spiro atoms. The van der Waals surface area contributed by atoms with Crippen LogP contribution in [0.1, 0.15) is 54.4 Å². The van der Waals surface area contributed by atoms with Crippen LogP contribution in [-0.4, -0.2) is 38.3 Å². The van der Waals surface area contributed by atoms with E-state index in [0.717, 1.165) is 48.2 Å². The number of hydrogen-bond donors (Lipinski definition) is 3. The number of nitrogens with zero attached hydrogens (tertiary/aromatic N) is 4. The van der Waals surface area contributed by atoms with E-state index in [9.17, 15) is 4.79 Å². The predicted molar refractivity (Wildman–Crippen MR) is 130 cm³/mol. The first kappa shape index (κ1) is 21.2. The summed E-state index contributed by atoms with van der Waals surface area (Å²) < 4.78 is 1.74. The highest BCUT2D eigenvalue weighted by molar-refractivity contribution is 5.91. The third-order valence-electron chi connectivity index (χ3n) is 6.59. The Bertz CT molecular complexity index is 1240. The zero-order chi connectivity index (χ0) is 23.1. The van der Waals surface area contributed by atoms with Crippen LogP contribution in [0.15, 0.2) is 30.3 Å². The molecule has 8 heteroatoms. The minimum absolute atomic E-state index is 0.200. The standard InChI is InChI=1S/C25H29N7O/c1-3-22(33)32-11-10-16-12-17(6-7-18(16)14-32)24-29-25(31(2)30-24)28-21-9-8-20(27)19(13-26)23(21)15-4-5-15/h6-9,12-13,15,26H,3-5,10-11,14,27H2,1-2H3,(H,28,29,30). The largest absolute Gasteiger partial charge is 0.398 e. The minimum atomic E-state index is 0.200. The highest BCUT2D eigenvalue weighted by atomic mass is 16.2. The molecule has 1 aromatic heterocycles. The lowest BCUT2D eigenvalue weighted by Gasteiger charge is -2.28. The molecule has 0 bridgehead atoms. The highest BCUT2D eigenvalue weighted by Crippen LogP contribution is 2.46. The molecule has 3 aromatic rings. The Kier molecular flexibility index (Phi) is 5.36. The van der Waals surface area contributed by atoms with Crippen LogP contribution in [0.25, 0.3) is 11.4 Å². The second-order valence-corrected chi connectivity index (χ2v) is 8.86.